The minimum atomic E-state index is -4.06. The first kappa shape index (κ1) is 23.5. The van der Waals surface area contributed by atoms with Gasteiger partial charge in [-0.25, -0.2) is 13.4 Å². The second-order valence-electron chi connectivity index (χ2n) is 6.51. The third kappa shape index (κ3) is 5.54. The summed E-state index contributed by atoms with van der Waals surface area (Å²) in [5, 5.41) is 2.88. The van der Waals surface area contributed by atoms with E-state index >= 15 is 0 Å². The van der Waals surface area contributed by atoms with E-state index in [2.05, 4.69) is 15.0 Å². The van der Waals surface area contributed by atoms with Gasteiger partial charge in [0.25, 0.3) is 15.9 Å². The van der Waals surface area contributed by atoms with Crippen LogP contribution in [0.3, 0.4) is 0 Å². The molecule has 32 heavy (non-hydrogen) atoms. The molecule has 0 bridgehead atoms. The summed E-state index contributed by atoms with van der Waals surface area (Å²) >= 11 is 5.94. The number of imidazole rings is 1. The number of amides is 1. The summed E-state index contributed by atoms with van der Waals surface area (Å²) in [5.74, 6) is -0.164. The number of alkyl halides is 2. The lowest BCUT2D eigenvalue weighted by atomic mass is 10.2. The van der Waals surface area contributed by atoms with Crippen molar-refractivity contribution in [3.63, 3.8) is 0 Å². The van der Waals surface area contributed by atoms with Gasteiger partial charge in [-0.3, -0.25) is 14.1 Å². The topological polar surface area (TPSA) is 102 Å². The van der Waals surface area contributed by atoms with Crippen LogP contribution in [-0.4, -0.2) is 37.5 Å². The number of halogens is 3. The molecular formula is C20H19ClF2N4O4S. The van der Waals surface area contributed by atoms with E-state index in [-0.39, 0.29) is 40.7 Å². The molecule has 1 aromatic heterocycles. The Bertz CT molecular complexity index is 1220. The lowest BCUT2D eigenvalue weighted by Gasteiger charge is -2.13. The number of methoxy groups -OCH3 is 1. The largest absolute Gasteiger partial charge is 0.495 e. The van der Waals surface area contributed by atoms with E-state index in [0.717, 1.165) is 6.20 Å². The van der Waals surface area contributed by atoms with Crippen molar-refractivity contribution < 1.29 is 26.7 Å². The van der Waals surface area contributed by atoms with Crippen LogP contribution < -0.4 is 14.8 Å². The van der Waals surface area contributed by atoms with Gasteiger partial charge in [0.15, 0.2) is 0 Å². The number of ether oxygens (including phenoxy) is 1. The van der Waals surface area contributed by atoms with Crippen molar-refractivity contribution in [3.8, 4) is 5.75 Å². The zero-order valence-corrected chi connectivity index (χ0v) is 18.3. The molecule has 0 aliphatic carbocycles. The fourth-order valence-electron chi connectivity index (χ4n) is 2.87. The molecule has 2 aromatic carbocycles. The Morgan fingerprint density at radius 2 is 2.03 bits per heavy atom. The third-order valence-corrected chi connectivity index (χ3v) is 6.00. The van der Waals surface area contributed by atoms with E-state index < -0.39 is 22.5 Å². The van der Waals surface area contributed by atoms with Crippen molar-refractivity contribution in [3.05, 3.63) is 71.3 Å². The van der Waals surface area contributed by atoms with Gasteiger partial charge >= 0.3 is 6.55 Å². The zero-order valence-electron chi connectivity index (χ0n) is 16.8. The monoisotopic (exact) mass is 484 g/mol. The molecule has 170 valence electrons. The van der Waals surface area contributed by atoms with Crippen molar-refractivity contribution in [1.82, 2.24) is 14.9 Å². The number of benzene rings is 2. The fraction of sp³-hybridized carbons (Fsp3) is 0.200. The van der Waals surface area contributed by atoms with Gasteiger partial charge < -0.3 is 10.1 Å². The quantitative estimate of drug-likeness (QED) is 0.482. The van der Waals surface area contributed by atoms with Gasteiger partial charge in [0.1, 0.15) is 11.6 Å². The first-order valence-corrected chi connectivity index (χ1v) is 11.1. The molecule has 12 heteroatoms. The number of carbonyl (C=O) groups excluding carboxylic acids is 1. The highest BCUT2D eigenvalue weighted by atomic mass is 35.5. The molecule has 0 spiro atoms. The van der Waals surface area contributed by atoms with Crippen LogP contribution >= 0.6 is 11.6 Å². The van der Waals surface area contributed by atoms with Crippen molar-refractivity contribution in [2.75, 3.05) is 18.4 Å². The Morgan fingerprint density at radius 3 is 2.75 bits per heavy atom. The number of hydrogen-bond acceptors (Lipinski definition) is 5. The number of hydrogen-bond donors (Lipinski definition) is 2. The number of nitrogens with one attached hydrogen (secondary N) is 2. The Hall–Kier alpha value is -3.18. The highest BCUT2D eigenvalue weighted by Gasteiger charge is 2.19. The normalized spacial score (nSPS) is 11.4. The van der Waals surface area contributed by atoms with Gasteiger partial charge in [0.05, 0.1) is 17.7 Å². The molecule has 8 nitrogen and oxygen atoms in total. The maximum Gasteiger partial charge on any atom is 0.319 e. The Kier molecular flexibility index (Phi) is 7.31. The zero-order chi connectivity index (χ0) is 23.3. The molecule has 0 radical (unpaired) electrons. The molecule has 3 rings (SSSR count). The molecule has 0 aliphatic heterocycles. The van der Waals surface area contributed by atoms with Gasteiger partial charge in [-0.2, -0.15) is 8.78 Å². The molecule has 1 heterocycles. The summed E-state index contributed by atoms with van der Waals surface area (Å²) in [6.07, 6.45) is 2.48. The Morgan fingerprint density at radius 1 is 1.25 bits per heavy atom. The molecule has 0 fully saturated rings. The van der Waals surface area contributed by atoms with Crippen LogP contribution in [0.5, 0.6) is 5.75 Å². The number of anilines is 1. The molecule has 1 amide bonds. The van der Waals surface area contributed by atoms with E-state index in [1.165, 1.54) is 49.7 Å². The summed E-state index contributed by atoms with van der Waals surface area (Å²) in [4.78, 5) is 16.1. The number of aromatic nitrogens is 2. The second kappa shape index (κ2) is 9.96. The minimum absolute atomic E-state index is 0.0392. The molecule has 0 aliphatic rings. The molecule has 0 unspecified atom stereocenters. The van der Waals surface area contributed by atoms with Gasteiger partial charge in [-0.1, -0.05) is 17.7 Å². The van der Waals surface area contributed by atoms with E-state index in [0.29, 0.717) is 9.59 Å². The Balaban J connectivity index is 1.70. The van der Waals surface area contributed by atoms with Crippen LogP contribution in [0.1, 0.15) is 22.7 Å². The van der Waals surface area contributed by atoms with Crippen molar-refractivity contribution >= 4 is 33.2 Å². The van der Waals surface area contributed by atoms with E-state index in [9.17, 15) is 22.0 Å². The predicted octanol–water partition coefficient (Wildman–Crippen LogP) is 3.71. The highest BCUT2D eigenvalue weighted by Crippen LogP contribution is 2.30. The Labute approximate surface area is 188 Å². The molecule has 2 N–H and O–H groups in total. The summed E-state index contributed by atoms with van der Waals surface area (Å²) in [5.41, 5.74) is 0.229. The van der Waals surface area contributed by atoms with E-state index in [1.54, 1.807) is 6.07 Å². The molecular weight excluding hydrogens is 466 g/mol. The minimum Gasteiger partial charge on any atom is -0.495 e. The van der Waals surface area contributed by atoms with E-state index in [4.69, 9.17) is 16.3 Å². The van der Waals surface area contributed by atoms with E-state index in [1.807, 2.05) is 0 Å². The van der Waals surface area contributed by atoms with Crippen LogP contribution in [0, 0.1) is 0 Å². The van der Waals surface area contributed by atoms with Crippen molar-refractivity contribution in [1.29, 1.82) is 0 Å². The van der Waals surface area contributed by atoms with Crippen LogP contribution in [-0.2, 0) is 16.4 Å². The van der Waals surface area contributed by atoms with Crippen LogP contribution in [0.25, 0.3) is 0 Å². The fourth-order valence-corrected chi connectivity index (χ4v) is 4.15. The molecule has 0 saturated heterocycles. The van der Waals surface area contributed by atoms with Crippen LogP contribution in [0.15, 0.2) is 59.8 Å². The smallest absolute Gasteiger partial charge is 0.319 e. The third-order valence-electron chi connectivity index (χ3n) is 4.41. The van der Waals surface area contributed by atoms with Gasteiger partial charge in [-0.05, 0) is 36.4 Å². The van der Waals surface area contributed by atoms with Gasteiger partial charge in [0.2, 0.25) is 0 Å². The summed E-state index contributed by atoms with van der Waals surface area (Å²) < 4.78 is 59.5. The molecule has 0 atom stereocenters. The SMILES string of the molecule is COc1ccc(Cl)cc1NS(=O)(=O)c1cccc(C(=O)NCCc2nccn2C(F)F)c1. The number of carbonyl (C=O) groups is 1. The molecule has 3 aromatic rings. The first-order valence-electron chi connectivity index (χ1n) is 9.26. The molecule has 0 saturated carbocycles. The number of nitrogens with zero attached hydrogens (tertiary/aromatic N) is 2. The van der Waals surface area contributed by atoms with Crippen molar-refractivity contribution in [2.45, 2.75) is 17.9 Å². The number of sulfonamides is 1. The lowest BCUT2D eigenvalue weighted by molar-refractivity contribution is 0.0670. The summed E-state index contributed by atoms with van der Waals surface area (Å²) in [6, 6.07) is 9.86. The lowest BCUT2D eigenvalue weighted by Crippen LogP contribution is -2.27. The summed E-state index contributed by atoms with van der Waals surface area (Å²) in [7, 11) is -2.67. The van der Waals surface area contributed by atoms with Crippen molar-refractivity contribution in [2.24, 2.45) is 0 Å². The average Bonchev–Trinajstić information content (AvgIpc) is 3.22. The van der Waals surface area contributed by atoms with Crippen LogP contribution in [0.2, 0.25) is 5.02 Å². The van der Waals surface area contributed by atoms with Crippen LogP contribution in [0.4, 0.5) is 14.5 Å². The van der Waals surface area contributed by atoms with Gasteiger partial charge in [0, 0.05) is 35.9 Å². The maximum absolute atomic E-state index is 12.9. The standard InChI is InChI=1S/C20H19ClF2N4O4S/c1-31-17-6-5-14(21)12-16(17)26-32(29,30)15-4-2-3-13(11-15)19(28)25-8-7-18-24-9-10-27(18)20(22)23/h2-6,9-12,20,26H,7-8H2,1H3,(H,25,28). The summed E-state index contributed by atoms with van der Waals surface area (Å²) in [6.45, 7) is -2.69. The average molecular weight is 485 g/mol. The highest BCUT2D eigenvalue weighted by molar-refractivity contribution is 7.92. The number of rotatable bonds is 9. The van der Waals surface area contributed by atoms with Gasteiger partial charge in [-0.15, -0.1) is 0 Å². The first-order chi connectivity index (χ1) is 15.2. The predicted molar refractivity (Wildman–Crippen MR) is 115 cm³/mol. The second-order valence-corrected chi connectivity index (χ2v) is 8.63. The maximum atomic E-state index is 12.9.